The Morgan fingerprint density at radius 3 is 2.71 bits per heavy atom. The normalized spacial score (nSPS) is 21.6. The maximum Gasteiger partial charge on any atom is 0.409 e. The molecule has 1 N–H and O–H groups in total. The molecule has 7 nitrogen and oxygen atoms in total. The minimum absolute atomic E-state index is 0.0288. The zero-order valence-electron chi connectivity index (χ0n) is 12.9. The molecule has 2 aliphatic heterocycles. The summed E-state index contributed by atoms with van der Waals surface area (Å²) in [4.78, 5) is 29.1. The Balaban J connectivity index is 1.87. The van der Waals surface area contributed by atoms with Gasteiger partial charge in [0, 0.05) is 26.2 Å². The van der Waals surface area contributed by atoms with E-state index in [9.17, 15) is 9.59 Å². The van der Waals surface area contributed by atoms with E-state index in [2.05, 4.69) is 6.92 Å². The maximum absolute atomic E-state index is 11.9. The van der Waals surface area contributed by atoms with Gasteiger partial charge in [-0.25, -0.2) is 4.79 Å². The number of β-amino-alcohol motifs (C(OH)–C–C–N with tert-alkyl or cyclic N) is 1. The van der Waals surface area contributed by atoms with Gasteiger partial charge in [-0.3, -0.25) is 9.69 Å². The van der Waals surface area contributed by atoms with Crippen LogP contribution in [0.5, 0.6) is 0 Å². The third kappa shape index (κ3) is 3.29. The number of unbranched alkanes of at least 4 members (excludes halogenated alkanes) is 1. The molecule has 7 heteroatoms. The largest absolute Gasteiger partial charge is 0.449 e. The van der Waals surface area contributed by atoms with E-state index in [0.717, 1.165) is 12.8 Å². The topological polar surface area (TPSA) is 73.3 Å². The first-order valence-electron chi connectivity index (χ1n) is 7.54. The van der Waals surface area contributed by atoms with Crippen LogP contribution in [0, 0.1) is 0 Å². The predicted octanol–water partition coefficient (Wildman–Crippen LogP) is -0.256. The molecule has 2 amide bonds. The van der Waals surface area contributed by atoms with Crippen LogP contribution in [0.1, 0.15) is 19.8 Å². The number of likely N-dealkylation sites (tertiary alicyclic amines) is 1. The van der Waals surface area contributed by atoms with Crippen molar-refractivity contribution in [2.75, 3.05) is 53.0 Å². The second-order valence-corrected chi connectivity index (χ2v) is 5.94. The van der Waals surface area contributed by atoms with Gasteiger partial charge in [-0.2, -0.15) is 0 Å². The van der Waals surface area contributed by atoms with Crippen LogP contribution in [-0.2, 0) is 9.53 Å². The summed E-state index contributed by atoms with van der Waals surface area (Å²) < 4.78 is 5.20. The van der Waals surface area contributed by atoms with Gasteiger partial charge in [-0.1, -0.05) is 13.3 Å². The Hall–Kier alpha value is -1.34. The van der Waals surface area contributed by atoms with E-state index in [1.54, 1.807) is 9.80 Å². The average Bonchev–Trinajstić information content (AvgIpc) is 2.40. The van der Waals surface area contributed by atoms with Crippen LogP contribution in [0.2, 0.25) is 0 Å². The highest BCUT2D eigenvalue weighted by molar-refractivity contribution is 5.80. The van der Waals surface area contributed by atoms with Gasteiger partial charge in [0.05, 0.1) is 25.3 Å². The summed E-state index contributed by atoms with van der Waals surface area (Å²) in [5, 5.41) is 9.03. The van der Waals surface area contributed by atoms with Gasteiger partial charge in [0.15, 0.2) is 0 Å². The van der Waals surface area contributed by atoms with Crippen LogP contribution in [-0.4, -0.2) is 90.3 Å². The summed E-state index contributed by atoms with van der Waals surface area (Å²) in [6.07, 6.45) is 1.61. The molecule has 0 aromatic heterocycles. The molecule has 21 heavy (non-hydrogen) atoms. The number of nitrogens with zero attached hydrogens (tertiary/aromatic N) is 3. The molecule has 0 aliphatic carbocycles. The number of likely N-dealkylation sites (N-methyl/N-ethyl adjacent to an activating group) is 1. The monoisotopic (exact) mass is 299 g/mol. The number of piperazine rings is 1. The highest BCUT2D eigenvalue weighted by atomic mass is 16.6. The van der Waals surface area contributed by atoms with Gasteiger partial charge in [0.1, 0.15) is 0 Å². The highest BCUT2D eigenvalue weighted by Crippen LogP contribution is 2.31. The van der Waals surface area contributed by atoms with Gasteiger partial charge in [-0.15, -0.1) is 0 Å². The first-order chi connectivity index (χ1) is 10.0. The predicted molar refractivity (Wildman–Crippen MR) is 76.9 cm³/mol. The van der Waals surface area contributed by atoms with Crippen LogP contribution < -0.4 is 0 Å². The van der Waals surface area contributed by atoms with Crippen molar-refractivity contribution >= 4 is 12.0 Å². The minimum Gasteiger partial charge on any atom is -0.449 e. The second-order valence-electron chi connectivity index (χ2n) is 5.94. The van der Waals surface area contributed by atoms with Gasteiger partial charge in [0.25, 0.3) is 0 Å². The summed E-state index contributed by atoms with van der Waals surface area (Å²) in [5.74, 6) is 0.0288. The number of amides is 2. The van der Waals surface area contributed by atoms with Crippen LogP contribution in [0.4, 0.5) is 4.79 Å². The third-order valence-electron chi connectivity index (χ3n) is 4.34. The standard InChI is InChI=1S/C14H25N3O4/c1-3-4-7-21-13(20)17-10-14(11-17)9-16(5-6-18)12(19)8-15(14)2/h18H,3-11H2,1-2H3. The maximum atomic E-state index is 11.9. The van der Waals surface area contributed by atoms with Gasteiger partial charge in [0.2, 0.25) is 5.91 Å². The van der Waals surface area contributed by atoms with Crippen LogP contribution >= 0.6 is 0 Å². The fourth-order valence-corrected chi connectivity index (χ4v) is 2.89. The van der Waals surface area contributed by atoms with E-state index < -0.39 is 0 Å². The van der Waals surface area contributed by atoms with Crippen molar-refractivity contribution < 1.29 is 19.4 Å². The lowest BCUT2D eigenvalue weighted by Crippen LogP contribution is -2.77. The molecule has 0 unspecified atom stereocenters. The Morgan fingerprint density at radius 2 is 2.10 bits per heavy atom. The van der Waals surface area contributed by atoms with Gasteiger partial charge in [-0.05, 0) is 13.5 Å². The highest BCUT2D eigenvalue weighted by Gasteiger charge is 2.52. The fraction of sp³-hybridized carbons (Fsp3) is 0.857. The lowest BCUT2D eigenvalue weighted by molar-refractivity contribution is -0.151. The summed E-state index contributed by atoms with van der Waals surface area (Å²) in [6.45, 7) is 4.87. The zero-order chi connectivity index (χ0) is 15.5. The van der Waals surface area contributed by atoms with E-state index >= 15 is 0 Å². The van der Waals surface area contributed by atoms with Crippen molar-refractivity contribution in [3.05, 3.63) is 0 Å². The van der Waals surface area contributed by atoms with E-state index in [1.807, 2.05) is 11.9 Å². The number of aliphatic hydroxyl groups is 1. The Bertz CT molecular complexity index is 396. The lowest BCUT2D eigenvalue weighted by Gasteiger charge is -2.58. The zero-order valence-corrected chi connectivity index (χ0v) is 12.9. The molecule has 120 valence electrons. The third-order valence-corrected chi connectivity index (χ3v) is 4.34. The van der Waals surface area contributed by atoms with Crippen molar-refractivity contribution in [1.82, 2.24) is 14.7 Å². The Morgan fingerprint density at radius 1 is 1.38 bits per heavy atom. The molecule has 1 spiro atoms. The van der Waals surface area contributed by atoms with Crippen LogP contribution in [0.25, 0.3) is 0 Å². The van der Waals surface area contributed by atoms with E-state index in [0.29, 0.717) is 39.3 Å². The van der Waals surface area contributed by atoms with Crippen molar-refractivity contribution in [1.29, 1.82) is 0 Å². The number of rotatable bonds is 5. The molecular weight excluding hydrogens is 274 g/mol. The van der Waals surface area contributed by atoms with Crippen molar-refractivity contribution in [3.8, 4) is 0 Å². The molecule has 0 radical (unpaired) electrons. The summed E-state index contributed by atoms with van der Waals surface area (Å²) in [5.41, 5.74) is -0.188. The number of ether oxygens (including phenoxy) is 1. The van der Waals surface area contributed by atoms with Crippen LogP contribution in [0.3, 0.4) is 0 Å². The first kappa shape index (κ1) is 16.0. The minimum atomic E-state index is -0.270. The molecular formula is C14H25N3O4. The molecule has 2 aliphatic rings. The smallest absolute Gasteiger partial charge is 0.409 e. The molecule has 2 rings (SSSR count). The fourth-order valence-electron chi connectivity index (χ4n) is 2.89. The second kappa shape index (κ2) is 6.62. The van der Waals surface area contributed by atoms with Crippen LogP contribution in [0.15, 0.2) is 0 Å². The number of hydrogen-bond acceptors (Lipinski definition) is 5. The Labute approximate surface area is 125 Å². The molecule has 0 saturated carbocycles. The van der Waals surface area contributed by atoms with Gasteiger partial charge < -0.3 is 19.6 Å². The molecule has 0 aromatic carbocycles. The van der Waals surface area contributed by atoms with Crippen molar-refractivity contribution in [2.24, 2.45) is 0 Å². The molecule has 2 fully saturated rings. The summed E-state index contributed by atoms with van der Waals surface area (Å²) in [7, 11) is 1.91. The van der Waals surface area contributed by atoms with E-state index in [-0.39, 0.29) is 24.1 Å². The number of hydrogen-bond donors (Lipinski definition) is 1. The Kier molecular flexibility index (Phi) is 5.05. The van der Waals surface area contributed by atoms with Gasteiger partial charge >= 0.3 is 6.09 Å². The molecule has 0 aromatic rings. The average molecular weight is 299 g/mol. The molecule has 2 saturated heterocycles. The van der Waals surface area contributed by atoms with E-state index in [1.165, 1.54) is 0 Å². The SMILES string of the molecule is CCCCOC(=O)N1CC2(CN(CCO)C(=O)CN2C)C1. The lowest BCUT2D eigenvalue weighted by atomic mass is 9.85. The number of carbonyl (C=O) groups is 2. The van der Waals surface area contributed by atoms with Crippen molar-refractivity contribution in [2.45, 2.75) is 25.3 Å². The first-order valence-corrected chi connectivity index (χ1v) is 7.54. The molecule has 2 heterocycles. The van der Waals surface area contributed by atoms with Crippen molar-refractivity contribution in [3.63, 3.8) is 0 Å². The molecule has 0 bridgehead atoms. The number of carbonyl (C=O) groups excluding carboxylic acids is 2. The summed E-state index contributed by atoms with van der Waals surface area (Å²) >= 11 is 0. The summed E-state index contributed by atoms with van der Waals surface area (Å²) in [6, 6.07) is 0. The molecule has 0 atom stereocenters. The van der Waals surface area contributed by atoms with E-state index in [4.69, 9.17) is 9.84 Å². The quantitative estimate of drug-likeness (QED) is 0.708. The number of aliphatic hydroxyl groups excluding tert-OH is 1.